The van der Waals surface area contributed by atoms with Gasteiger partial charge in [-0.25, -0.2) is 9.00 Å². The number of carbonyl (C=O) groups excluding carboxylic acids is 1. The third-order valence-corrected chi connectivity index (χ3v) is 8.25. The minimum absolute atomic E-state index is 0.343. The Kier molecular flexibility index (Phi) is 5.95. The maximum absolute atomic E-state index is 13.4. The standard InChI is InChI=1S/C25H30N2O4S/c1-3-27-11-10-16(14-27)12-17-6-4-5-7-22(17)32(29)26-21-9-8-19-20-13-18(20)15-31-24(19)23(21)25(28)30-2/h4-9,16,18,20,26H,3,10-15H2,1-2H3/t16-,18-,20-,32?/m0/s1. The number of likely N-dealkylation sites (tertiary alicyclic amines) is 1. The van der Waals surface area contributed by atoms with Crippen molar-refractivity contribution >= 4 is 22.6 Å². The zero-order valence-corrected chi connectivity index (χ0v) is 19.5. The summed E-state index contributed by atoms with van der Waals surface area (Å²) < 4.78 is 27.5. The Balaban J connectivity index is 1.41. The summed E-state index contributed by atoms with van der Waals surface area (Å²) in [5.74, 6) is 1.68. The van der Waals surface area contributed by atoms with Gasteiger partial charge in [-0.1, -0.05) is 31.2 Å². The van der Waals surface area contributed by atoms with Gasteiger partial charge in [0, 0.05) is 12.5 Å². The average Bonchev–Trinajstić information content (AvgIpc) is 3.48. The molecule has 170 valence electrons. The fourth-order valence-electron chi connectivity index (χ4n) is 5.12. The summed E-state index contributed by atoms with van der Waals surface area (Å²) in [7, 11) is -0.149. The van der Waals surface area contributed by atoms with Crippen molar-refractivity contribution in [2.75, 3.05) is 38.1 Å². The molecular formula is C25H30N2O4S. The summed E-state index contributed by atoms with van der Waals surface area (Å²) >= 11 is 0. The summed E-state index contributed by atoms with van der Waals surface area (Å²) in [4.78, 5) is 15.9. The molecule has 1 saturated carbocycles. The van der Waals surface area contributed by atoms with Crippen molar-refractivity contribution in [1.82, 2.24) is 4.90 Å². The second-order valence-electron chi connectivity index (χ2n) is 9.04. The fourth-order valence-corrected chi connectivity index (χ4v) is 6.20. The lowest BCUT2D eigenvalue weighted by atomic mass is 9.99. The van der Waals surface area contributed by atoms with E-state index in [9.17, 15) is 9.00 Å². The average molecular weight is 455 g/mol. The van der Waals surface area contributed by atoms with Crippen molar-refractivity contribution < 1.29 is 18.5 Å². The Morgan fingerprint density at radius 2 is 2.12 bits per heavy atom. The molecule has 0 spiro atoms. The van der Waals surface area contributed by atoms with E-state index in [1.807, 2.05) is 30.3 Å². The van der Waals surface area contributed by atoms with Crippen LogP contribution in [0.3, 0.4) is 0 Å². The van der Waals surface area contributed by atoms with E-state index in [1.165, 1.54) is 13.5 Å². The number of fused-ring (bicyclic) bond motifs is 3. The van der Waals surface area contributed by atoms with Gasteiger partial charge in [0.2, 0.25) is 0 Å². The van der Waals surface area contributed by atoms with E-state index in [1.54, 1.807) is 0 Å². The van der Waals surface area contributed by atoms with Crippen molar-refractivity contribution in [2.24, 2.45) is 11.8 Å². The van der Waals surface area contributed by atoms with Crippen LogP contribution in [0.2, 0.25) is 0 Å². The van der Waals surface area contributed by atoms with Crippen molar-refractivity contribution in [3.63, 3.8) is 0 Å². The summed E-state index contributed by atoms with van der Waals surface area (Å²) in [5.41, 5.74) is 2.98. The molecular weight excluding hydrogens is 424 g/mol. The van der Waals surface area contributed by atoms with Gasteiger partial charge in [-0.15, -0.1) is 0 Å². The quantitative estimate of drug-likeness (QED) is 0.641. The molecule has 5 rings (SSSR count). The Morgan fingerprint density at radius 3 is 2.91 bits per heavy atom. The van der Waals surface area contributed by atoms with Crippen LogP contribution in [0.5, 0.6) is 5.75 Å². The molecule has 2 aromatic carbocycles. The van der Waals surface area contributed by atoms with E-state index in [4.69, 9.17) is 9.47 Å². The van der Waals surface area contributed by atoms with Crippen LogP contribution in [0.15, 0.2) is 41.3 Å². The van der Waals surface area contributed by atoms with Crippen LogP contribution < -0.4 is 9.46 Å². The third-order valence-electron chi connectivity index (χ3n) is 7.04. The highest BCUT2D eigenvalue weighted by Gasteiger charge is 2.45. The summed E-state index contributed by atoms with van der Waals surface area (Å²) in [6.07, 6.45) is 3.16. The molecule has 7 heteroatoms. The highest BCUT2D eigenvalue weighted by Crippen LogP contribution is 2.55. The van der Waals surface area contributed by atoms with Gasteiger partial charge in [0.25, 0.3) is 0 Å². The van der Waals surface area contributed by atoms with Gasteiger partial charge in [0.05, 0.1) is 24.3 Å². The van der Waals surface area contributed by atoms with Crippen molar-refractivity contribution in [2.45, 2.75) is 37.0 Å². The van der Waals surface area contributed by atoms with E-state index >= 15 is 0 Å². The fraction of sp³-hybridized carbons (Fsp3) is 0.480. The van der Waals surface area contributed by atoms with E-state index in [-0.39, 0.29) is 0 Å². The van der Waals surface area contributed by atoms with Gasteiger partial charge in [-0.05, 0) is 67.4 Å². The molecule has 0 aromatic heterocycles. The number of anilines is 1. The molecule has 1 unspecified atom stereocenters. The SMILES string of the molecule is CCN1CC[C@@H](Cc2ccccc2S(=O)Nc2ccc3c(c2C(=O)OC)OC[C@@H]2C[C@H]32)C1. The van der Waals surface area contributed by atoms with Gasteiger partial charge in [-0.2, -0.15) is 0 Å². The number of nitrogens with zero attached hydrogens (tertiary/aromatic N) is 1. The van der Waals surface area contributed by atoms with E-state index in [0.29, 0.717) is 41.4 Å². The highest BCUT2D eigenvalue weighted by molar-refractivity contribution is 7.86. The highest BCUT2D eigenvalue weighted by atomic mass is 32.2. The monoisotopic (exact) mass is 454 g/mol. The third kappa shape index (κ3) is 4.04. The van der Waals surface area contributed by atoms with Gasteiger partial charge < -0.3 is 19.1 Å². The minimum atomic E-state index is -1.51. The molecule has 2 aliphatic heterocycles. The lowest BCUT2D eigenvalue weighted by molar-refractivity contribution is 0.0596. The summed E-state index contributed by atoms with van der Waals surface area (Å²) in [5, 5.41) is 0. The Labute approximate surface area is 191 Å². The summed E-state index contributed by atoms with van der Waals surface area (Å²) in [6, 6.07) is 11.7. The van der Waals surface area contributed by atoms with E-state index < -0.39 is 17.0 Å². The number of carbonyl (C=O) groups is 1. The molecule has 1 N–H and O–H groups in total. The minimum Gasteiger partial charge on any atom is -0.492 e. The predicted molar refractivity (Wildman–Crippen MR) is 125 cm³/mol. The number of rotatable bonds is 7. The zero-order chi connectivity index (χ0) is 22.2. The van der Waals surface area contributed by atoms with Crippen LogP contribution in [0.25, 0.3) is 0 Å². The van der Waals surface area contributed by atoms with Crippen LogP contribution in [0.4, 0.5) is 5.69 Å². The number of benzene rings is 2. The lowest BCUT2D eigenvalue weighted by Crippen LogP contribution is -2.20. The van der Waals surface area contributed by atoms with Crippen LogP contribution >= 0.6 is 0 Å². The number of esters is 1. The number of hydrogen-bond acceptors (Lipinski definition) is 5. The number of nitrogens with one attached hydrogen (secondary N) is 1. The summed E-state index contributed by atoms with van der Waals surface area (Å²) in [6.45, 7) is 6.10. The molecule has 0 amide bonds. The maximum Gasteiger partial charge on any atom is 0.343 e. The Bertz CT molecular complexity index is 1060. The normalized spacial score (nSPS) is 24.8. The second-order valence-corrected chi connectivity index (χ2v) is 10.2. The molecule has 1 aliphatic carbocycles. The largest absolute Gasteiger partial charge is 0.492 e. The first-order valence-corrected chi connectivity index (χ1v) is 12.6. The maximum atomic E-state index is 13.4. The first-order valence-electron chi connectivity index (χ1n) is 11.5. The lowest BCUT2D eigenvalue weighted by Gasteiger charge is -2.22. The molecule has 32 heavy (non-hydrogen) atoms. The van der Waals surface area contributed by atoms with Crippen molar-refractivity contribution in [3.05, 3.63) is 53.1 Å². The molecule has 2 heterocycles. The van der Waals surface area contributed by atoms with Crippen LogP contribution in [0, 0.1) is 11.8 Å². The number of hydrogen-bond donors (Lipinski definition) is 1. The first-order chi connectivity index (χ1) is 15.6. The molecule has 1 saturated heterocycles. The van der Waals surface area contributed by atoms with E-state index in [0.717, 1.165) is 48.5 Å². The van der Waals surface area contributed by atoms with Crippen LogP contribution in [-0.4, -0.2) is 48.4 Å². The van der Waals surface area contributed by atoms with Crippen molar-refractivity contribution in [3.8, 4) is 5.75 Å². The molecule has 2 fully saturated rings. The van der Waals surface area contributed by atoms with Crippen LogP contribution in [-0.2, 0) is 22.1 Å². The molecule has 4 atom stereocenters. The predicted octanol–water partition coefficient (Wildman–Crippen LogP) is 3.99. The molecule has 2 aromatic rings. The number of methoxy groups -OCH3 is 1. The van der Waals surface area contributed by atoms with Gasteiger partial charge in [-0.3, -0.25) is 0 Å². The van der Waals surface area contributed by atoms with Crippen molar-refractivity contribution in [1.29, 1.82) is 0 Å². The van der Waals surface area contributed by atoms with Crippen LogP contribution in [0.1, 0.15) is 47.2 Å². The number of ether oxygens (including phenoxy) is 2. The Morgan fingerprint density at radius 1 is 1.28 bits per heavy atom. The molecule has 0 bridgehead atoms. The first kappa shape index (κ1) is 21.5. The zero-order valence-electron chi connectivity index (χ0n) is 18.6. The topological polar surface area (TPSA) is 67.9 Å². The second kappa shape index (κ2) is 8.87. The molecule has 6 nitrogen and oxygen atoms in total. The molecule has 0 radical (unpaired) electrons. The molecule has 3 aliphatic rings. The smallest absolute Gasteiger partial charge is 0.343 e. The van der Waals surface area contributed by atoms with Gasteiger partial charge in [0.15, 0.2) is 11.0 Å². The van der Waals surface area contributed by atoms with Gasteiger partial charge >= 0.3 is 5.97 Å². The van der Waals surface area contributed by atoms with Gasteiger partial charge in [0.1, 0.15) is 11.3 Å². The Hall–Kier alpha value is -2.38. The van der Waals surface area contributed by atoms with E-state index in [2.05, 4.69) is 22.6 Å².